The molecule has 126 valence electrons. The summed E-state index contributed by atoms with van der Waals surface area (Å²) < 4.78 is 19.0. The molecule has 1 aromatic rings. The van der Waals surface area contributed by atoms with Crippen molar-refractivity contribution in [1.29, 1.82) is 0 Å². The predicted molar refractivity (Wildman–Crippen MR) is 92.2 cm³/mol. The van der Waals surface area contributed by atoms with Gasteiger partial charge < -0.3 is 9.64 Å². The van der Waals surface area contributed by atoms with Crippen LogP contribution in [0.15, 0.2) is 36.0 Å². The lowest BCUT2D eigenvalue weighted by molar-refractivity contribution is 0.279. The summed E-state index contributed by atoms with van der Waals surface area (Å²) in [6.07, 6.45) is 4.18. The van der Waals surface area contributed by atoms with Crippen molar-refractivity contribution < 1.29 is 9.13 Å². The van der Waals surface area contributed by atoms with Gasteiger partial charge in [0.1, 0.15) is 0 Å². The first-order valence-electron chi connectivity index (χ1n) is 7.83. The van der Waals surface area contributed by atoms with Crippen LogP contribution in [0, 0.1) is 11.7 Å². The summed E-state index contributed by atoms with van der Waals surface area (Å²) in [4.78, 5) is 2.12. The SMILES string of the molecule is COc1ccc(C2=CC(CN(C)C)=CN(CC(C)C)N2)cc1F. The maximum absolute atomic E-state index is 14.0. The first kappa shape index (κ1) is 17.3. The van der Waals surface area contributed by atoms with Crippen molar-refractivity contribution in [2.75, 3.05) is 34.3 Å². The zero-order valence-electron chi connectivity index (χ0n) is 14.6. The molecule has 0 amide bonds. The number of hydrogen-bond acceptors (Lipinski definition) is 4. The lowest BCUT2D eigenvalue weighted by Gasteiger charge is -2.31. The molecular formula is C18H26FN3O. The van der Waals surface area contributed by atoms with Crippen LogP contribution in [0.3, 0.4) is 0 Å². The summed E-state index contributed by atoms with van der Waals surface area (Å²) in [5.74, 6) is 0.423. The molecule has 0 radical (unpaired) electrons. The smallest absolute Gasteiger partial charge is 0.165 e. The van der Waals surface area contributed by atoms with Gasteiger partial charge in [-0.15, -0.1) is 0 Å². The van der Waals surface area contributed by atoms with Gasteiger partial charge in [-0.3, -0.25) is 10.4 Å². The van der Waals surface area contributed by atoms with Crippen LogP contribution in [0.5, 0.6) is 5.75 Å². The molecule has 0 aromatic heterocycles. The fourth-order valence-electron chi connectivity index (χ4n) is 2.57. The summed E-state index contributed by atoms with van der Waals surface area (Å²) >= 11 is 0. The van der Waals surface area contributed by atoms with Gasteiger partial charge in [-0.2, -0.15) is 0 Å². The summed E-state index contributed by atoms with van der Waals surface area (Å²) in [6.45, 7) is 6.06. The fraction of sp³-hybridized carbons (Fsp3) is 0.444. The van der Waals surface area contributed by atoms with E-state index in [2.05, 4.69) is 41.5 Å². The molecule has 0 fully saturated rings. The standard InChI is InChI=1S/C18H26FN3O/c1-13(2)10-22-12-14(11-21(3)4)8-17(20-22)15-6-7-18(23-5)16(19)9-15/h6-9,12-13,20H,10-11H2,1-5H3. The second kappa shape index (κ2) is 7.51. The second-order valence-corrected chi connectivity index (χ2v) is 6.51. The Morgan fingerprint density at radius 3 is 2.61 bits per heavy atom. The minimum Gasteiger partial charge on any atom is -0.494 e. The van der Waals surface area contributed by atoms with E-state index in [0.29, 0.717) is 5.92 Å². The third kappa shape index (κ3) is 4.73. The number of nitrogens with one attached hydrogen (secondary N) is 1. The number of nitrogens with zero attached hydrogens (tertiary/aromatic N) is 2. The lowest BCUT2D eigenvalue weighted by atomic mass is 10.1. The number of hydrazine groups is 1. The van der Waals surface area contributed by atoms with E-state index in [0.717, 1.165) is 24.4 Å². The number of halogens is 1. The Morgan fingerprint density at radius 2 is 2.04 bits per heavy atom. The maximum Gasteiger partial charge on any atom is 0.165 e. The summed E-state index contributed by atoms with van der Waals surface area (Å²) in [6, 6.07) is 5.03. The fourth-order valence-corrected chi connectivity index (χ4v) is 2.57. The van der Waals surface area contributed by atoms with Gasteiger partial charge >= 0.3 is 0 Å². The van der Waals surface area contributed by atoms with Crippen LogP contribution >= 0.6 is 0 Å². The van der Waals surface area contributed by atoms with Crippen LogP contribution in [-0.2, 0) is 0 Å². The number of benzene rings is 1. The molecule has 0 unspecified atom stereocenters. The van der Waals surface area contributed by atoms with Crippen LogP contribution in [0.4, 0.5) is 4.39 Å². The topological polar surface area (TPSA) is 27.7 Å². The Hall–Kier alpha value is -2.01. The highest BCUT2D eigenvalue weighted by Crippen LogP contribution is 2.24. The van der Waals surface area contributed by atoms with Gasteiger partial charge in [0, 0.05) is 24.9 Å². The van der Waals surface area contributed by atoms with Gasteiger partial charge in [0.2, 0.25) is 0 Å². The van der Waals surface area contributed by atoms with Crippen LogP contribution in [0.1, 0.15) is 19.4 Å². The van der Waals surface area contributed by atoms with E-state index >= 15 is 0 Å². The van der Waals surface area contributed by atoms with Gasteiger partial charge in [-0.1, -0.05) is 13.8 Å². The van der Waals surface area contributed by atoms with Crippen LogP contribution in [-0.4, -0.2) is 44.2 Å². The van der Waals surface area contributed by atoms with Gasteiger partial charge in [0.15, 0.2) is 11.6 Å². The van der Waals surface area contributed by atoms with Gasteiger partial charge in [0.05, 0.1) is 12.8 Å². The zero-order chi connectivity index (χ0) is 17.0. The molecule has 5 heteroatoms. The zero-order valence-corrected chi connectivity index (χ0v) is 14.6. The van der Waals surface area contributed by atoms with Crippen LogP contribution < -0.4 is 10.2 Å². The molecular weight excluding hydrogens is 293 g/mol. The number of methoxy groups -OCH3 is 1. The molecule has 0 saturated heterocycles. The molecule has 0 aliphatic carbocycles. The second-order valence-electron chi connectivity index (χ2n) is 6.51. The monoisotopic (exact) mass is 319 g/mol. The molecule has 0 atom stereocenters. The van der Waals surface area contributed by atoms with Crippen molar-refractivity contribution in [3.05, 3.63) is 47.4 Å². The highest BCUT2D eigenvalue weighted by molar-refractivity contribution is 5.68. The van der Waals surface area contributed by atoms with E-state index in [9.17, 15) is 4.39 Å². The van der Waals surface area contributed by atoms with E-state index in [4.69, 9.17) is 4.74 Å². The normalized spacial score (nSPS) is 14.7. The Labute approximate surface area is 138 Å². The van der Waals surface area contributed by atoms with E-state index in [1.807, 2.05) is 20.2 Å². The Bertz CT molecular complexity index is 608. The maximum atomic E-state index is 14.0. The van der Waals surface area contributed by atoms with Crippen LogP contribution in [0.2, 0.25) is 0 Å². The number of likely N-dealkylation sites (N-methyl/N-ethyl adjacent to an activating group) is 1. The van der Waals surface area contributed by atoms with E-state index < -0.39 is 0 Å². The molecule has 1 aliphatic rings. The summed E-state index contributed by atoms with van der Waals surface area (Å²) in [5.41, 5.74) is 6.24. The minimum absolute atomic E-state index is 0.258. The highest BCUT2D eigenvalue weighted by atomic mass is 19.1. The number of hydrogen-bond donors (Lipinski definition) is 1. The van der Waals surface area contributed by atoms with Crippen molar-refractivity contribution in [3.63, 3.8) is 0 Å². The summed E-state index contributed by atoms with van der Waals surface area (Å²) in [5, 5.41) is 2.07. The molecule has 0 spiro atoms. The van der Waals surface area contributed by atoms with Crippen molar-refractivity contribution in [3.8, 4) is 5.75 Å². The molecule has 23 heavy (non-hydrogen) atoms. The predicted octanol–water partition coefficient (Wildman–Crippen LogP) is 3.10. The number of rotatable bonds is 6. The molecule has 1 N–H and O–H groups in total. The Balaban J connectivity index is 2.30. The van der Waals surface area contributed by atoms with Crippen LogP contribution in [0.25, 0.3) is 5.70 Å². The first-order chi connectivity index (χ1) is 10.9. The van der Waals surface area contributed by atoms with E-state index in [-0.39, 0.29) is 11.6 Å². The largest absolute Gasteiger partial charge is 0.494 e. The highest BCUT2D eigenvalue weighted by Gasteiger charge is 2.16. The van der Waals surface area contributed by atoms with Crippen molar-refractivity contribution in [2.24, 2.45) is 5.92 Å². The number of ether oxygens (including phenoxy) is 1. The molecule has 0 saturated carbocycles. The van der Waals surface area contributed by atoms with Crippen molar-refractivity contribution in [2.45, 2.75) is 13.8 Å². The van der Waals surface area contributed by atoms with Crippen molar-refractivity contribution in [1.82, 2.24) is 15.3 Å². The minimum atomic E-state index is -0.355. The van der Waals surface area contributed by atoms with Crippen molar-refractivity contribution >= 4 is 5.70 Å². The molecule has 1 aliphatic heterocycles. The lowest BCUT2D eigenvalue weighted by Crippen LogP contribution is -2.38. The van der Waals surface area contributed by atoms with E-state index in [1.54, 1.807) is 6.07 Å². The molecule has 0 bridgehead atoms. The van der Waals surface area contributed by atoms with Gasteiger partial charge in [0.25, 0.3) is 0 Å². The molecule has 1 heterocycles. The van der Waals surface area contributed by atoms with E-state index in [1.165, 1.54) is 18.7 Å². The molecule has 2 rings (SSSR count). The first-order valence-corrected chi connectivity index (χ1v) is 7.83. The quantitative estimate of drug-likeness (QED) is 0.872. The van der Waals surface area contributed by atoms with Gasteiger partial charge in [-0.05, 0) is 49.9 Å². The third-order valence-electron chi connectivity index (χ3n) is 3.44. The summed E-state index contributed by atoms with van der Waals surface area (Å²) in [7, 11) is 5.55. The average Bonchev–Trinajstić information content (AvgIpc) is 2.45. The Kier molecular flexibility index (Phi) is 5.66. The third-order valence-corrected chi connectivity index (χ3v) is 3.44. The molecule has 4 nitrogen and oxygen atoms in total. The average molecular weight is 319 g/mol. The Morgan fingerprint density at radius 1 is 1.30 bits per heavy atom. The molecule has 1 aromatic carbocycles. The van der Waals surface area contributed by atoms with Gasteiger partial charge in [-0.25, -0.2) is 4.39 Å².